The number of hydrogen-bond acceptors (Lipinski definition) is 6. The van der Waals surface area contributed by atoms with Crippen LogP contribution in [0.3, 0.4) is 0 Å². The van der Waals surface area contributed by atoms with Gasteiger partial charge in [-0.2, -0.15) is 0 Å². The molecule has 9 nitrogen and oxygen atoms in total. The second kappa shape index (κ2) is 15.8. The predicted octanol–water partition coefficient (Wildman–Crippen LogP) is 3.88. The smallest absolute Gasteiger partial charge is 0.329 e. The lowest BCUT2D eigenvalue weighted by Crippen LogP contribution is -2.55. The number of amides is 3. The van der Waals surface area contributed by atoms with Gasteiger partial charge in [-0.25, -0.2) is 4.79 Å². The van der Waals surface area contributed by atoms with Crippen molar-refractivity contribution in [2.75, 3.05) is 0 Å². The molecular weight excluding hydrogens is 534 g/mol. The zero-order chi connectivity index (χ0) is 30.6. The van der Waals surface area contributed by atoms with Gasteiger partial charge in [-0.15, -0.1) is 0 Å². The summed E-state index contributed by atoms with van der Waals surface area (Å²) in [5.74, 6) is -2.36. The van der Waals surface area contributed by atoms with Crippen molar-refractivity contribution in [2.24, 2.45) is 5.92 Å². The highest BCUT2D eigenvalue weighted by Gasteiger charge is 2.34. The number of carbonyl (C=O) groups excluding carboxylic acids is 5. The standard InChI is InChI=1S/C33H43N3O6/c1-5-7-9-14-26-20-28(37)35-27(19-23-15-17-25(18-16-23)30(38)24-12-10-8-11-13-24)32(40)34-22(4)31(39)36-29(21(3)6-2)33(41)42-26/h8,10-13,15-18,21-22,26-27,29H,5-7,9,14,19-20H2,1-4H3,(H,34,40)(H,35,37)(H,36,39)/t21-,22-,26+,27-,29+/m0/s1. The van der Waals surface area contributed by atoms with Crippen LogP contribution < -0.4 is 16.0 Å². The van der Waals surface area contributed by atoms with Crippen molar-refractivity contribution in [1.29, 1.82) is 0 Å². The normalized spacial score (nSPS) is 22.8. The van der Waals surface area contributed by atoms with Gasteiger partial charge in [0.25, 0.3) is 0 Å². The van der Waals surface area contributed by atoms with Crippen LogP contribution in [0.4, 0.5) is 0 Å². The molecule has 0 saturated carbocycles. The summed E-state index contributed by atoms with van der Waals surface area (Å²) in [5, 5.41) is 8.23. The van der Waals surface area contributed by atoms with E-state index in [1.54, 1.807) is 48.5 Å². The average molecular weight is 578 g/mol. The molecule has 0 aliphatic carbocycles. The van der Waals surface area contributed by atoms with Crippen molar-refractivity contribution in [3.05, 3.63) is 71.3 Å². The number of benzene rings is 2. The Labute approximate surface area is 248 Å². The van der Waals surface area contributed by atoms with Gasteiger partial charge in [0.2, 0.25) is 17.7 Å². The van der Waals surface area contributed by atoms with Crippen molar-refractivity contribution in [3.63, 3.8) is 0 Å². The maximum atomic E-state index is 13.4. The minimum Gasteiger partial charge on any atom is -0.460 e. The van der Waals surface area contributed by atoms with Crippen molar-refractivity contribution in [2.45, 2.75) is 96.9 Å². The van der Waals surface area contributed by atoms with Gasteiger partial charge >= 0.3 is 5.97 Å². The van der Waals surface area contributed by atoms with E-state index in [0.717, 1.165) is 24.8 Å². The van der Waals surface area contributed by atoms with Crippen LogP contribution in [-0.4, -0.2) is 53.7 Å². The quantitative estimate of drug-likeness (QED) is 0.223. The Morgan fingerprint density at radius 3 is 2.19 bits per heavy atom. The lowest BCUT2D eigenvalue weighted by atomic mass is 9.98. The highest BCUT2D eigenvalue weighted by Crippen LogP contribution is 2.17. The Hall–Kier alpha value is -4.01. The van der Waals surface area contributed by atoms with Crippen LogP contribution in [0.2, 0.25) is 0 Å². The highest BCUT2D eigenvalue weighted by atomic mass is 16.5. The molecule has 0 bridgehead atoms. The minimum atomic E-state index is -0.985. The van der Waals surface area contributed by atoms with Crippen LogP contribution in [0.25, 0.3) is 0 Å². The number of carbonyl (C=O) groups is 5. The number of rotatable bonds is 10. The largest absolute Gasteiger partial charge is 0.460 e. The first-order chi connectivity index (χ1) is 20.1. The molecule has 42 heavy (non-hydrogen) atoms. The number of hydrogen-bond donors (Lipinski definition) is 3. The number of nitrogens with one attached hydrogen (secondary N) is 3. The zero-order valence-electron chi connectivity index (χ0n) is 25.0. The van der Waals surface area contributed by atoms with Crippen LogP contribution in [-0.2, 0) is 30.3 Å². The Bertz CT molecular complexity index is 1230. The molecule has 0 unspecified atom stereocenters. The van der Waals surface area contributed by atoms with Crippen LogP contribution >= 0.6 is 0 Å². The van der Waals surface area contributed by atoms with E-state index in [0.29, 0.717) is 24.0 Å². The van der Waals surface area contributed by atoms with E-state index >= 15 is 0 Å². The third kappa shape index (κ3) is 9.26. The summed E-state index contributed by atoms with van der Waals surface area (Å²) in [6.07, 6.45) is 3.15. The first-order valence-corrected chi connectivity index (χ1v) is 14.9. The number of unbranched alkanes of at least 4 members (excludes halogenated alkanes) is 2. The molecule has 2 aromatic rings. The molecule has 1 fully saturated rings. The first-order valence-electron chi connectivity index (χ1n) is 14.9. The van der Waals surface area contributed by atoms with Gasteiger partial charge in [0, 0.05) is 17.5 Å². The molecule has 3 rings (SSSR count). The molecule has 1 heterocycles. The van der Waals surface area contributed by atoms with E-state index in [1.165, 1.54) is 6.92 Å². The maximum absolute atomic E-state index is 13.4. The lowest BCUT2D eigenvalue weighted by molar-refractivity contribution is -0.156. The third-order valence-corrected chi connectivity index (χ3v) is 7.69. The number of esters is 1. The van der Waals surface area contributed by atoms with Crippen molar-refractivity contribution < 1.29 is 28.7 Å². The van der Waals surface area contributed by atoms with Gasteiger partial charge < -0.3 is 20.7 Å². The predicted molar refractivity (Wildman–Crippen MR) is 160 cm³/mol. The second-order valence-corrected chi connectivity index (χ2v) is 11.1. The van der Waals surface area contributed by atoms with Crippen LogP contribution in [0.15, 0.2) is 54.6 Å². The molecule has 1 aliphatic heterocycles. The van der Waals surface area contributed by atoms with Gasteiger partial charge in [-0.05, 0) is 31.2 Å². The fourth-order valence-electron chi connectivity index (χ4n) is 4.84. The molecule has 1 saturated heterocycles. The molecule has 226 valence electrons. The number of ether oxygens (including phenoxy) is 1. The molecule has 0 aromatic heterocycles. The number of cyclic esters (lactones) is 1. The second-order valence-electron chi connectivity index (χ2n) is 11.1. The molecule has 1 aliphatic rings. The van der Waals surface area contributed by atoms with Gasteiger partial charge in [-0.3, -0.25) is 19.2 Å². The SMILES string of the molecule is CCCCC[C@@H]1CC(=O)N[C@@H](Cc2ccc(C(=O)c3ccccc3)cc2)C(=O)N[C@@H](C)C(=O)N[C@H]([C@@H](C)CC)C(=O)O1. The van der Waals surface area contributed by atoms with E-state index in [9.17, 15) is 24.0 Å². The maximum Gasteiger partial charge on any atom is 0.329 e. The zero-order valence-corrected chi connectivity index (χ0v) is 25.0. The third-order valence-electron chi connectivity index (χ3n) is 7.69. The minimum absolute atomic E-state index is 0.0968. The van der Waals surface area contributed by atoms with Crippen molar-refractivity contribution in [1.82, 2.24) is 16.0 Å². The van der Waals surface area contributed by atoms with Crippen molar-refractivity contribution in [3.8, 4) is 0 Å². The Morgan fingerprint density at radius 1 is 0.881 bits per heavy atom. The Kier molecular flexibility index (Phi) is 12.3. The molecule has 3 amide bonds. The van der Waals surface area contributed by atoms with Gasteiger partial charge in [0.1, 0.15) is 24.2 Å². The fourth-order valence-corrected chi connectivity index (χ4v) is 4.84. The summed E-state index contributed by atoms with van der Waals surface area (Å²) in [6.45, 7) is 7.35. The van der Waals surface area contributed by atoms with Crippen molar-refractivity contribution >= 4 is 29.5 Å². The fraction of sp³-hybridized carbons (Fsp3) is 0.485. The summed E-state index contributed by atoms with van der Waals surface area (Å²) in [6, 6.07) is 13.0. The summed E-state index contributed by atoms with van der Waals surface area (Å²) < 4.78 is 5.80. The monoisotopic (exact) mass is 577 g/mol. The van der Waals surface area contributed by atoms with E-state index in [4.69, 9.17) is 4.74 Å². The van der Waals surface area contributed by atoms with Gasteiger partial charge in [0.15, 0.2) is 5.78 Å². The van der Waals surface area contributed by atoms with Crippen LogP contribution in [0.1, 0.15) is 87.7 Å². The van der Waals surface area contributed by atoms with Crippen LogP contribution in [0, 0.1) is 5.92 Å². The van der Waals surface area contributed by atoms with E-state index in [2.05, 4.69) is 22.9 Å². The molecule has 3 N–H and O–H groups in total. The Balaban J connectivity index is 1.83. The van der Waals surface area contributed by atoms with Gasteiger partial charge in [0.05, 0.1) is 6.42 Å². The first kappa shape index (κ1) is 32.5. The highest BCUT2D eigenvalue weighted by molar-refractivity contribution is 6.09. The lowest BCUT2D eigenvalue weighted by Gasteiger charge is -2.26. The summed E-state index contributed by atoms with van der Waals surface area (Å²) in [7, 11) is 0. The average Bonchev–Trinajstić information content (AvgIpc) is 2.99. The molecule has 0 spiro atoms. The molecule has 9 heteroatoms. The van der Waals surface area contributed by atoms with Gasteiger partial charge in [-0.1, -0.05) is 94.6 Å². The molecule has 5 atom stereocenters. The van der Waals surface area contributed by atoms with E-state index in [1.807, 2.05) is 19.9 Å². The topological polar surface area (TPSA) is 131 Å². The molecule has 2 aromatic carbocycles. The molecular formula is C33H43N3O6. The summed E-state index contributed by atoms with van der Waals surface area (Å²) >= 11 is 0. The van der Waals surface area contributed by atoms with Crippen LogP contribution in [0.5, 0.6) is 0 Å². The number of ketones is 1. The summed E-state index contributed by atoms with van der Waals surface area (Å²) in [4.78, 5) is 65.5. The Morgan fingerprint density at radius 2 is 1.55 bits per heavy atom. The van der Waals surface area contributed by atoms with E-state index < -0.39 is 47.9 Å². The summed E-state index contributed by atoms with van der Waals surface area (Å²) in [5.41, 5.74) is 1.81. The molecule has 0 radical (unpaired) electrons. The van der Waals surface area contributed by atoms with E-state index in [-0.39, 0.29) is 24.5 Å².